The average Bonchev–Trinajstić information content (AvgIpc) is 2.81. The van der Waals surface area contributed by atoms with Crippen LogP contribution in [0.25, 0.3) is 0 Å². The fourth-order valence-electron chi connectivity index (χ4n) is 2.59. The van der Waals surface area contributed by atoms with Crippen LogP contribution in [0.15, 0.2) is 30.3 Å². The Balaban J connectivity index is 1.75. The van der Waals surface area contributed by atoms with Crippen LogP contribution < -0.4 is 5.73 Å². The molecule has 0 aliphatic carbocycles. The van der Waals surface area contributed by atoms with Crippen molar-refractivity contribution in [2.24, 2.45) is 5.73 Å². The van der Waals surface area contributed by atoms with Crippen LogP contribution in [0.5, 0.6) is 0 Å². The number of hydrogen-bond donors (Lipinski definition) is 1. The molecular formula is C15H24N2O2. The van der Waals surface area contributed by atoms with Gasteiger partial charge in [-0.15, -0.1) is 0 Å². The standard InChI is InChI=1S/C15H24N2O2/c1-18-9-10-19-8-7-17-11-14(15(16)12-17)13-5-3-2-4-6-13/h2-6,14-15H,7-12,16H2,1H3/t14-,15+/m0/s1. The van der Waals surface area contributed by atoms with Crippen LogP contribution in [-0.4, -0.2) is 57.5 Å². The van der Waals surface area contributed by atoms with Gasteiger partial charge in [0.2, 0.25) is 0 Å². The minimum atomic E-state index is 0.223. The molecule has 0 amide bonds. The molecule has 1 saturated heterocycles. The summed E-state index contributed by atoms with van der Waals surface area (Å²) in [4.78, 5) is 2.38. The number of likely N-dealkylation sites (tertiary alicyclic amines) is 1. The van der Waals surface area contributed by atoms with E-state index >= 15 is 0 Å². The van der Waals surface area contributed by atoms with Gasteiger partial charge in [-0.2, -0.15) is 0 Å². The second-order valence-electron chi connectivity index (χ2n) is 5.05. The Bertz CT molecular complexity index is 358. The highest BCUT2D eigenvalue weighted by Crippen LogP contribution is 2.25. The molecule has 0 radical (unpaired) electrons. The highest BCUT2D eigenvalue weighted by Gasteiger charge is 2.30. The maximum atomic E-state index is 6.25. The molecule has 2 rings (SSSR count). The summed E-state index contributed by atoms with van der Waals surface area (Å²) in [5.41, 5.74) is 7.60. The van der Waals surface area contributed by atoms with Crippen LogP contribution in [0.4, 0.5) is 0 Å². The molecule has 0 bridgehead atoms. The monoisotopic (exact) mass is 264 g/mol. The van der Waals surface area contributed by atoms with Crippen LogP contribution in [0.1, 0.15) is 11.5 Å². The lowest BCUT2D eigenvalue weighted by molar-refractivity contribution is 0.0601. The van der Waals surface area contributed by atoms with Crippen molar-refractivity contribution >= 4 is 0 Å². The second kappa shape index (κ2) is 7.60. The molecule has 2 atom stereocenters. The molecule has 0 unspecified atom stereocenters. The molecule has 106 valence electrons. The molecule has 1 heterocycles. The number of methoxy groups -OCH3 is 1. The first-order chi connectivity index (χ1) is 9.31. The number of nitrogens with zero attached hydrogens (tertiary/aromatic N) is 1. The zero-order valence-electron chi connectivity index (χ0n) is 11.6. The van der Waals surface area contributed by atoms with Crippen LogP contribution in [-0.2, 0) is 9.47 Å². The Morgan fingerprint density at radius 3 is 2.68 bits per heavy atom. The minimum absolute atomic E-state index is 0.223. The lowest BCUT2D eigenvalue weighted by atomic mass is 9.95. The van der Waals surface area contributed by atoms with Crippen molar-refractivity contribution in [3.63, 3.8) is 0 Å². The minimum Gasteiger partial charge on any atom is -0.382 e. The van der Waals surface area contributed by atoms with Gasteiger partial charge in [-0.25, -0.2) is 0 Å². The number of nitrogens with two attached hydrogens (primary N) is 1. The average molecular weight is 264 g/mol. The summed E-state index contributed by atoms with van der Waals surface area (Å²) < 4.78 is 10.5. The molecular weight excluding hydrogens is 240 g/mol. The van der Waals surface area contributed by atoms with E-state index in [0.29, 0.717) is 19.1 Å². The largest absolute Gasteiger partial charge is 0.382 e. The second-order valence-corrected chi connectivity index (χ2v) is 5.05. The Morgan fingerprint density at radius 2 is 1.95 bits per heavy atom. The van der Waals surface area contributed by atoms with Gasteiger partial charge < -0.3 is 15.2 Å². The van der Waals surface area contributed by atoms with E-state index in [-0.39, 0.29) is 6.04 Å². The van der Waals surface area contributed by atoms with Crippen molar-refractivity contribution in [3.8, 4) is 0 Å². The molecule has 1 aromatic rings. The van der Waals surface area contributed by atoms with Crippen molar-refractivity contribution < 1.29 is 9.47 Å². The van der Waals surface area contributed by atoms with E-state index in [1.165, 1.54) is 5.56 Å². The summed E-state index contributed by atoms with van der Waals surface area (Å²) in [6.07, 6.45) is 0. The van der Waals surface area contributed by atoms with Gasteiger partial charge in [0.05, 0.1) is 19.8 Å². The molecule has 2 N–H and O–H groups in total. The van der Waals surface area contributed by atoms with Gasteiger partial charge in [-0.3, -0.25) is 4.90 Å². The molecule has 0 saturated carbocycles. The highest BCUT2D eigenvalue weighted by atomic mass is 16.5. The van der Waals surface area contributed by atoms with Gasteiger partial charge >= 0.3 is 0 Å². The topological polar surface area (TPSA) is 47.7 Å². The third-order valence-electron chi connectivity index (χ3n) is 3.65. The van der Waals surface area contributed by atoms with Gasteiger partial charge in [-0.05, 0) is 5.56 Å². The Labute approximate surface area is 115 Å². The summed E-state index contributed by atoms with van der Waals surface area (Å²) in [6, 6.07) is 10.8. The fourth-order valence-corrected chi connectivity index (χ4v) is 2.59. The first-order valence-electron chi connectivity index (χ1n) is 6.91. The Morgan fingerprint density at radius 1 is 1.16 bits per heavy atom. The predicted octanol–water partition coefficient (Wildman–Crippen LogP) is 1.08. The molecule has 0 spiro atoms. The Hall–Kier alpha value is -0.940. The van der Waals surface area contributed by atoms with Crippen molar-refractivity contribution in [3.05, 3.63) is 35.9 Å². The van der Waals surface area contributed by atoms with E-state index in [9.17, 15) is 0 Å². The molecule has 1 fully saturated rings. The van der Waals surface area contributed by atoms with Gasteiger partial charge in [0.25, 0.3) is 0 Å². The van der Waals surface area contributed by atoms with E-state index in [1.54, 1.807) is 7.11 Å². The number of hydrogen-bond acceptors (Lipinski definition) is 4. The predicted molar refractivity (Wildman–Crippen MR) is 76.3 cm³/mol. The van der Waals surface area contributed by atoms with E-state index < -0.39 is 0 Å². The van der Waals surface area contributed by atoms with Crippen molar-refractivity contribution in [1.29, 1.82) is 0 Å². The summed E-state index contributed by atoms with van der Waals surface area (Å²) in [5.74, 6) is 0.445. The third-order valence-corrected chi connectivity index (χ3v) is 3.65. The molecule has 1 aromatic carbocycles. The van der Waals surface area contributed by atoms with E-state index in [2.05, 4.69) is 29.2 Å². The van der Waals surface area contributed by atoms with E-state index in [4.69, 9.17) is 15.2 Å². The summed E-state index contributed by atoms with van der Waals surface area (Å²) >= 11 is 0. The highest BCUT2D eigenvalue weighted by molar-refractivity contribution is 5.23. The zero-order valence-corrected chi connectivity index (χ0v) is 11.6. The Kier molecular flexibility index (Phi) is 5.79. The normalized spacial score (nSPS) is 23.9. The van der Waals surface area contributed by atoms with Crippen LogP contribution >= 0.6 is 0 Å². The SMILES string of the molecule is COCCOCCN1C[C@@H](N)[C@H](c2ccccc2)C1. The van der Waals surface area contributed by atoms with Gasteiger partial charge in [-0.1, -0.05) is 30.3 Å². The van der Waals surface area contributed by atoms with E-state index in [0.717, 1.165) is 26.2 Å². The number of rotatable bonds is 7. The number of ether oxygens (including phenoxy) is 2. The number of benzene rings is 1. The van der Waals surface area contributed by atoms with Gasteiger partial charge in [0.1, 0.15) is 0 Å². The quantitative estimate of drug-likeness (QED) is 0.749. The molecule has 4 nitrogen and oxygen atoms in total. The lowest BCUT2D eigenvalue weighted by Crippen LogP contribution is -2.30. The zero-order chi connectivity index (χ0) is 13.5. The fraction of sp³-hybridized carbons (Fsp3) is 0.600. The van der Waals surface area contributed by atoms with Crippen LogP contribution in [0, 0.1) is 0 Å². The van der Waals surface area contributed by atoms with Gasteiger partial charge in [0, 0.05) is 38.7 Å². The lowest BCUT2D eigenvalue weighted by Gasteiger charge is -2.16. The van der Waals surface area contributed by atoms with Crippen molar-refractivity contribution in [1.82, 2.24) is 4.90 Å². The van der Waals surface area contributed by atoms with Crippen molar-refractivity contribution in [2.75, 3.05) is 46.6 Å². The molecule has 19 heavy (non-hydrogen) atoms. The maximum absolute atomic E-state index is 6.25. The maximum Gasteiger partial charge on any atom is 0.0700 e. The summed E-state index contributed by atoms with van der Waals surface area (Å²) in [5, 5.41) is 0. The molecule has 1 aliphatic heterocycles. The summed E-state index contributed by atoms with van der Waals surface area (Å²) in [7, 11) is 1.69. The molecule has 0 aromatic heterocycles. The summed E-state index contributed by atoms with van der Waals surface area (Å²) in [6.45, 7) is 5.00. The van der Waals surface area contributed by atoms with Crippen LogP contribution in [0.2, 0.25) is 0 Å². The van der Waals surface area contributed by atoms with E-state index in [1.807, 2.05) is 6.07 Å². The smallest absolute Gasteiger partial charge is 0.0700 e. The van der Waals surface area contributed by atoms with Gasteiger partial charge in [0.15, 0.2) is 0 Å². The van der Waals surface area contributed by atoms with Crippen molar-refractivity contribution in [2.45, 2.75) is 12.0 Å². The molecule has 1 aliphatic rings. The first-order valence-corrected chi connectivity index (χ1v) is 6.91. The first kappa shape index (κ1) is 14.5. The van der Waals surface area contributed by atoms with Crippen LogP contribution in [0.3, 0.4) is 0 Å². The third kappa shape index (κ3) is 4.28. The molecule has 4 heteroatoms.